The van der Waals surface area contributed by atoms with Crippen molar-refractivity contribution >= 4 is 23.2 Å². The third-order valence-electron chi connectivity index (χ3n) is 0.995. The third-order valence-corrected chi connectivity index (χ3v) is 2.00. The van der Waals surface area contributed by atoms with E-state index in [4.69, 9.17) is 0 Å². The third kappa shape index (κ3) is 4.56. The molecule has 0 radical (unpaired) electrons. The van der Waals surface area contributed by atoms with Crippen molar-refractivity contribution in [1.82, 2.24) is 0 Å². The first-order valence-electron chi connectivity index (χ1n) is 3.11. The molecule has 0 aromatic heterocycles. The Morgan fingerprint density at radius 3 is 2.40 bits per heavy atom. The summed E-state index contributed by atoms with van der Waals surface area (Å²) in [5.74, 6) is 0. The summed E-state index contributed by atoms with van der Waals surface area (Å²) in [5.41, 5.74) is 0. The zero-order valence-corrected chi connectivity index (χ0v) is 7.33. The van der Waals surface area contributed by atoms with Crippen molar-refractivity contribution in [3.8, 4) is 0 Å². The normalized spacial score (nSPS) is 11.1. The van der Waals surface area contributed by atoms with Crippen LogP contribution in [0.5, 0.6) is 0 Å². The van der Waals surface area contributed by atoms with E-state index < -0.39 is 0 Å². The number of carbonyl (C=O) groups excluding carboxylic acids is 2. The van der Waals surface area contributed by atoms with E-state index in [-0.39, 0.29) is 9.86 Å². The maximum Gasteiger partial charge on any atom is 0.186 e. The molecule has 0 rings (SSSR count). The summed E-state index contributed by atoms with van der Waals surface area (Å²) in [6, 6.07) is 0. The second kappa shape index (κ2) is 3.76. The van der Waals surface area contributed by atoms with Crippen LogP contribution < -0.4 is 0 Å². The Labute approximate surface area is 65.4 Å². The van der Waals surface area contributed by atoms with Crippen molar-refractivity contribution in [3.63, 3.8) is 0 Å². The van der Waals surface area contributed by atoms with Crippen LogP contribution in [0.25, 0.3) is 0 Å². The Balaban J connectivity index is 3.85. The summed E-state index contributed by atoms with van der Waals surface area (Å²) >= 11 is 1.21. The van der Waals surface area contributed by atoms with Crippen LogP contribution in [-0.4, -0.2) is 16.1 Å². The minimum Gasteiger partial charge on any atom is -0.303 e. The highest BCUT2D eigenvalue weighted by atomic mass is 32.2. The smallest absolute Gasteiger partial charge is 0.186 e. The molecule has 3 heteroatoms. The van der Waals surface area contributed by atoms with Crippen LogP contribution >= 0.6 is 11.8 Å². The Bertz CT molecular complexity index is 141. The van der Waals surface area contributed by atoms with Crippen LogP contribution in [0.15, 0.2) is 0 Å². The van der Waals surface area contributed by atoms with E-state index in [0.29, 0.717) is 6.42 Å². The predicted molar refractivity (Wildman–Crippen MR) is 43.0 cm³/mol. The summed E-state index contributed by atoms with van der Waals surface area (Å²) in [6.45, 7) is 5.28. The Hall–Kier alpha value is -0.310. The lowest BCUT2D eigenvalue weighted by molar-refractivity contribution is -0.109. The Kier molecular flexibility index (Phi) is 3.64. The summed E-state index contributed by atoms with van der Waals surface area (Å²) < 4.78 is -0.229. The lowest BCUT2D eigenvalue weighted by atomic mass is 10.1. The molecule has 2 nitrogen and oxygen atoms in total. The van der Waals surface area contributed by atoms with E-state index in [1.807, 2.05) is 13.8 Å². The fourth-order valence-corrected chi connectivity index (χ4v) is 1.56. The number of thioether (sulfide) groups is 1. The average molecular weight is 160 g/mol. The first-order valence-corrected chi connectivity index (χ1v) is 3.93. The van der Waals surface area contributed by atoms with Gasteiger partial charge in [0.1, 0.15) is 6.29 Å². The highest BCUT2D eigenvalue weighted by Gasteiger charge is 2.19. The summed E-state index contributed by atoms with van der Waals surface area (Å²) in [5, 5.41) is 0.0619. The van der Waals surface area contributed by atoms with E-state index >= 15 is 0 Å². The molecule has 0 N–H and O–H groups in total. The zero-order valence-electron chi connectivity index (χ0n) is 6.51. The number of aldehydes is 1. The van der Waals surface area contributed by atoms with Gasteiger partial charge in [0.25, 0.3) is 0 Å². The van der Waals surface area contributed by atoms with Gasteiger partial charge in [0.05, 0.1) is 0 Å². The van der Waals surface area contributed by atoms with Crippen LogP contribution in [0.4, 0.5) is 0 Å². The molecule has 0 saturated carbocycles. The standard InChI is InChI=1S/C7H12O2S/c1-6(9)10-7(2,3)4-5-8/h5H,4H2,1-3H3. The number of carbonyl (C=O) groups is 2. The fraction of sp³-hybridized carbons (Fsp3) is 0.714. The van der Waals surface area contributed by atoms with E-state index in [1.165, 1.54) is 18.7 Å². The SMILES string of the molecule is CC(=O)SC(C)(C)CC=O. The fourth-order valence-electron chi connectivity index (χ4n) is 0.631. The lowest BCUT2D eigenvalue weighted by Gasteiger charge is -2.18. The molecule has 0 spiro atoms. The summed E-state index contributed by atoms with van der Waals surface area (Å²) in [7, 11) is 0. The monoisotopic (exact) mass is 160 g/mol. The maximum absolute atomic E-state index is 10.6. The van der Waals surface area contributed by atoms with Gasteiger partial charge in [-0.2, -0.15) is 0 Å². The first-order chi connectivity index (χ1) is 4.48. The topological polar surface area (TPSA) is 34.1 Å². The molecule has 0 unspecified atom stereocenters. The first kappa shape index (κ1) is 9.69. The minimum atomic E-state index is -0.229. The summed E-state index contributed by atoms with van der Waals surface area (Å²) in [4.78, 5) is 20.7. The Morgan fingerprint density at radius 2 is 2.10 bits per heavy atom. The lowest BCUT2D eigenvalue weighted by Crippen LogP contribution is -2.16. The molecule has 0 aliphatic heterocycles. The molecule has 0 aromatic carbocycles. The molecule has 0 fully saturated rings. The van der Waals surface area contributed by atoms with Gasteiger partial charge in [0.15, 0.2) is 5.12 Å². The zero-order chi connectivity index (χ0) is 8.20. The number of hydrogen-bond donors (Lipinski definition) is 0. The highest BCUT2D eigenvalue weighted by molar-refractivity contribution is 8.14. The van der Waals surface area contributed by atoms with Gasteiger partial charge in [-0.05, 0) is 13.8 Å². The number of hydrogen-bond acceptors (Lipinski definition) is 3. The van der Waals surface area contributed by atoms with Gasteiger partial charge in [-0.3, -0.25) is 4.79 Å². The van der Waals surface area contributed by atoms with Crippen molar-refractivity contribution in [3.05, 3.63) is 0 Å². The van der Waals surface area contributed by atoms with Gasteiger partial charge in [-0.1, -0.05) is 11.8 Å². The maximum atomic E-state index is 10.6. The molecular formula is C7H12O2S. The number of rotatable bonds is 3. The van der Waals surface area contributed by atoms with Crippen LogP contribution in [0.1, 0.15) is 27.2 Å². The minimum absolute atomic E-state index is 0.0619. The van der Waals surface area contributed by atoms with Crippen LogP contribution in [0.2, 0.25) is 0 Å². The highest BCUT2D eigenvalue weighted by Crippen LogP contribution is 2.27. The van der Waals surface area contributed by atoms with Crippen molar-refractivity contribution in [1.29, 1.82) is 0 Å². The van der Waals surface area contributed by atoms with Gasteiger partial charge in [0, 0.05) is 18.1 Å². The molecule has 0 aliphatic rings. The van der Waals surface area contributed by atoms with E-state index in [1.54, 1.807) is 0 Å². The molecule has 10 heavy (non-hydrogen) atoms. The second-order valence-electron chi connectivity index (χ2n) is 2.72. The van der Waals surface area contributed by atoms with Crippen LogP contribution in [-0.2, 0) is 9.59 Å². The van der Waals surface area contributed by atoms with Crippen molar-refractivity contribution in [2.75, 3.05) is 0 Å². The molecule has 0 aliphatic carbocycles. The molecule has 58 valence electrons. The average Bonchev–Trinajstić information content (AvgIpc) is 1.59. The van der Waals surface area contributed by atoms with Crippen molar-refractivity contribution in [2.45, 2.75) is 31.9 Å². The van der Waals surface area contributed by atoms with Crippen LogP contribution in [0.3, 0.4) is 0 Å². The predicted octanol–water partition coefficient (Wildman–Crippen LogP) is 1.63. The quantitative estimate of drug-likeness (QED) is 0.588. The second-order valence-corrected chi connectivity index (χ2v) is 4.61. The molecule has 0 amide bonds. The van der Waals surface area contributed by atoms with E-state index in [9.17, 15) is 9.59 Å². The van der Waals surface area contributed by atoms with E-state index in [2.05, 4.69) is 0 Å². The largest absolute Gasteiger partial charge is 0.303 e. The molecule has 0 saturated heterocycles. The van der Waals surface area contributed by atoms with Crippen LogP contribution in [0, 0.1) is 0 Å². The van der Waals surface area contributed by atoms with Crippen molar-refractivity contribution in [2.24, 2.45) is 0 Å². The molecule has 0 atom stereocenters. The van der Waals surface area contributed by atoms with Gasteiger partial charge in [-0.15, -0.1) is 0 Å². The molecule has 0 heterocycles. The van der Waals surface area contributed by atoms with Gasteiger partial charge >= 0.3 is 0 Å². The molecular weight excluding hydrogens is 148 g/mol. The molecule has 0 bridgehead atoms. The summed E-state index contributed by atoms with van der Waals surface area (Å²) in [6.07, 6.45) is 1.27. The van der Waals surface area contributed by atoms with Gasteiger partial charge < -0.3 is 4.79 Å². The van der Waals surface area contributed by atoms with Gasteiger partial charge in [0.2, 0.25) is 0 Å². The Morgan fingerprint density at radius 1 is 1.60 bits per heavy atom. The van der Waals surface area contributed by atoms with E-state index in [0.717, 1.165) is 6.29 Å². The van der Waals surface area contributed by atoms with Gasteiger partial charge in [-0.25, -0.2) is 0 Å². The molecule has 0 aromatic rings. The van der Waals surface area contributed by atoms with Crippen molar-refractivity contribution < 1.29 is 9.59 Å².